The number of aryl methyl sites for hydroxylation is 3. The van der Waals surface area contributed by atoms with Crippen LogP contribution >= 0.6 is 0 Å². The molecule has 1 heterocycles. The van der Waals surface area contributed by atoms with Gasteiger partial charge in [0.1, 0.15) is 18.1 Å². The Labute approximate surface area is 180 Å². The molecule has 0 unspecified atom stereocenters. The van der Waals surface area contributed by atoms with Gasteiger partial charge in [-0.05, 0) is 70.8 Å². The van der Waals surface area contributed by atoms with Gasteiger partial charge >= 0.3 is 5.69 Å². The summed E-state index contributed by atoms with van der Waals surface area (Å²) in [7, 11) is 3.15. The maximum atomic E-state index is 12.4. The normalized spacial score (nSPS) is 10.8. The highest BCUT2D eigenvalue weighted by Gasteiger charge is 2.17. The number of nitrogens with zero attached hydrogens (tertiary/aromatic N) is 4. The summed E-state index contributed by atoms with van der Waals surface area (Å²) >= 11 is 0. The van der Waals surface area contributed by atoms with Gasteiger partial charge in [-0.15, -0.1) is 0 Å². The van der Waals surface area contributed by atoms with Gasteiger partial charge in [0.25, 0.3) is 0 Å². The van der Waals surface area contributed by atoms with Crippen LogP contribution in [0.1, 0.15) is 16.7 Å². The molecule has 0 aliphatic rings. The molecule has 0 amide bonds. The fourth-order valence-electron chi connectivity index (χ4n) is 3.58. The third kappa shape index (κ3) is 3.94. The number of tetrazole rings is 1. The first kappa shape index (κ1) is 20.4. The fourth-order valence-corrected chi connectivity index (χ4v) is 3.58. The maximum absolute atomic E-state index is 12.4. The van der Waals surface area contributed by atoms with Crippen LogP contribution in [-0.4, -0.2) is 26.9 Å². The van der Waals surface area contributed by atoms with Crippen molar-refractivity contribution >= 4 is 0 Å². The fraction of sp³-hybridized carbons (Fsp3) is 0.208. The number of aromatic nitrogens is 4. The molecule has 0 spiro atoms. The van der Waals surface area contributed by atoms with E-state index in [4.69, 9.17) is 9.47 Å². The van der Waals surface area contributed by atoms with E-state index in [1.807, 2.05) is 43.3 Å². The molecule has 7 nitrogen and oxygen atoms in total. The summed E-state index contributed by atoms with van der Waals surface area (Å²) < 4.78 is 14.1. The van der Waals surface area contributed by atoms with Crippen molar-refractivity contribution in [2.45, 2.75) is 20.5 Å². The summed E-state index contributed by atoms with van der Waals surface area (Å²) in [6, 6.07) is 19.9. The van der Waals surface area contributed by atoms with Crippen molar-refractivity contribution in [2.75, 3.05) is 7.11 Å². The second kappa shape index (κ2) is 8.47. The van der Waals surface area contributed by atoms with Gasteiger partial charge in [0.15, 0.2) is 0 Å². The highest BCUT2D eigenvalue weighted by molar-refractivity contribution is 5.69. The van der Waals surface area contributed by atoms with Gasteiger partial charge in [0, 0.05) is 7.05 Å². The first-order valence-electron chi connectivity index (χ1n) is 9.94. The molecule has 0 bridgehead atoms. The van der Waals surface area contributed by atoms with Gasteiger partial charge in [-0.2, -0.15) is 9.36 Å². The maximum Gasteiger partial charge on any atom is 0.368 e. The first-order valence-corrected chi connectivity index (χ1v) is 9.94. The number of hydrogen-bond donors (Lipinski definition) is 0. The van der Waals surface area contributed by atoms with E-state index in [1.165, 1.54) is 20.5 Å². The Hall–Kier alpha value is -3.87. The average Bonchev–Trinajstić information content (AvgIpc) is 3.12. The SMILES string of the molecule is COc1cccc(-n2nnn(C)c2=O)c1COc1cc(C)c(-c2ccccc2)cc1C. The third-order valence-corrected chi connectivity index (χ3v) is 5.26. The molecule has 158 valence electrons. The molecule has 0 saturated carbocycles. The van der Waals surface area contributed by atoms with Crippen LogP contribution in [0.15, 0.2) is 65.5 Å². The van der Waals surface area contributed by atoms with Gasteiger partial charge in [-0.1, -0.05) is 36.4 Å². The van der Waals surface area contributed by atoms with Gasteiger partial charge in [0.2, 0.25) is 0 Å². The van der Waals surface area contributed by atoms with Crippen LogP contribution in [0, 0.1) is 13.8 Å². The number of methoxy groups -OCH3 is 1. The Bertz CT molecular complexity index is 1280. The van der Waals surface area contributed by atoms with Crippen LogP contribution < -0.4 is 15.2 Å². The van der Waals surface area contributed by atoms with Gasteiger partial charge in [0.05, 0.1) is 18.4 Å². The van der Waals surface area contributed by atoms with Gasteiger partial charge < -0.3 is 9.47 Å². The molecule has 0 atom stereocenters. The molecular formula is C24H24N4O3. The molecular weight excluding hydrogens is 392 g/mol. The van der Waals surface area contributed by atoms with Crippen molar-refractivity contribution in [1.29, 1.82) is 0 Å². The van der Waals surface area contributed by atoms with Crippen molar-refractivity contribution < 1.29 is 9.47 Å². The second-order valence-electron chi connectivity index (χ2n) is 7.34. The predicted molar refractivity (Wildman–Crippen MR) is 119 cm³/mol. The standard InChI is InChI=1S/C24H24N4O3/c1-16-14-23(17(2)13-19(16)18-9-6-5-7-10-18)31-15-20-21(11-8-12-22(20)30-4)28-24(29)27(3)25-26-28/h5-14H,15H2,1-4H3. The minimum absolute atomic E-state index is 0.216. The Morgan fingerprint density at radius 1 is 0.903 bits per heavy atom. The molecule has 0 saturated heterocycles. The van der Waals surface area contributed by atoms with Crippen LogP contribution in [0.3, 0.4) is 0 Å². The molecule has 31 heavy (non-hydrogen) atoms. The molecule has 4 aromatic rings. The molecule has 0 aliphatic heterocycles. The summed E-state index contributed by atoms with van der Waals surface area (Å²) in [6.07, 6.45) is 0. The van der Waals surface area contributed by atoms with Gasteiger partial charge in [-0.3, -0.25) is 0 Å². The van der Waals surface area contributed by atoms with Crippen LogP contribution in [0.2, 0.25) is 0 Å². The molecule has 7 heteroatoms. The highest BCUT2D eigenvalue weighted by Crippen LogP contribution is 2.32. The number of ether oxygens (including phenoxy) is 2. The number of benzene rings is 3. The number of hydrogen-bond acceptors (Lipinski definition) is 5. The smallest absolute Gasteiger partial charge is 0.368 e. The summed E-state index contributed by atoms with van der Waals surface area (Å²) in [6.45, 7) is 4.31. The zero-order valence-corrected chi connectivity index (χ0v) is 18.0. The first-order chi connectivity index (χ1) is 15.0. The Morgan fingerprint density at radius 3 is 2.35 bits per heavy atom. The van der Waals surface area contributed by atoms with E-state index in [0.717, 1.165) is 22.4 Å². The molecule has 3 aromatic carbocycles. The minimum Gasteiger partial charge on any atom is -0.496 e. The van der Waals surface area contributed by atoms with E-state index >= 15 is 0 Å². The number of rotatable bonds is 6. The lowest BCUT2D eigenvalue weighted by Gasteiger charge is -2.17. The van der Waals surface area contributed by atoms with Crippen molar-refractivity contribution in [3.05, 3.63) is 87.8 Å². The monoisotopic (exact) mass is 416 g/mol. The Morgan fingerprint density at radius 2 is 1.68 bits per heavy atom. The van der Waals surface area contributed by atoms with Crippen LogP contribution in [0.5, 0.6) is 11.5 Å². The Kier molecular flexibility index (Phi) is 5.58. The molecule has 0 aliphatic carbocycles. The Balaban J connectivity index is 1.68. The largest absolute Gasteiger partial charge is 0.496 e. The molecule has 0 N–H and O–H groups in total. The molecule has 1 aromatic heterocycles. The zero-order chi connectivity index (χ0) is 22.0. The molecule has 0 radical (unpaired) electrons. The van der Waals surface area contributed by atoms with Crippen LogP contribution in [0.4, 0.5) is 0 Å². The summed E-state index contributed by atoms with van der Waals surface area (Å²) in [5.41, 5.74) is 5.45. The van der Waals surface area contributed by atoms with Crippen molar-refractivity contribution in [3.63, 3.8) is 0 Å². The molecule has 4 rings (SSSR count). The lowest BCUT2D eigenvalue weighted by Crippen LogP contribution is -2.23. The van der Waals surface area contributed by atoms with Crippen LogP contribution in [0.25, 0.3) is 16.8 Å². The summed E-state index contributed by atoms with van der Waals surface area (Å²) in [4.78, 5) is 12.4. The topological polar surface area (TPSA) is 71.2 Å². The van der Waals surface area contributed by atoms with Gasteiger partial charge in [-0.25, -0.2) is 4.79 Å². The summed E-state index contributed by atoms with van der Waals surface area (Å²) in [5.74, 6) is 1.39. The quantitative estimate of drug-likeness (QED) is 0.478. The van der Waals surface area contributed by atoms with Crippen molar-refractivity contribution in [3.8, 4) is 28.3 Å². The van der Waals surface area contributed by atoms with E-state index in [0.29, 0.717) is 11.4 Å². The second-order valence-corrected chi connectivity index (χ2v) is 7.34. The lowest BCUT2D eigenvalue weighted by molar-refractivity contribution is 0.294. The zero-order valence-electron chi connectivity index (χ0n) is 18.0. The van der Waals surface area contributed by atoms with Crippen LogP contribution in [-0.2, 0) is 13.7 Å². The average molecular weight is 416 g/mol. The summed E-state index contributed by atoms with van der Waals surface area (Å²) in [5, 5.41) is 7.77. The van der Waals surface area contributed by atoms with E-state index in [-0.39, 0.29) is 12.3 Å². The van der Waals surface area contributed by atoms with E-state index in [9.17, 15) is 4.79 Å². The minimum atomic E-state index is -0.339. The van der Waals surface area contributed by atoms with Crippen molar-refractivity contribution in [2.24, 2.45) is 7.05 Å². The molecule has 0 fully saturated rings. The third-order valence-electron chi connectivity index (χ3n) is 5.26. The van der Waals surface area contributed by atoms with E-state index in [1.54, 1.807) is 20.2 Å². The van der Waals surface area contributed by atoms with E-state index in [2.05, 4.69) is 35.5 Å². The predicted octanol–water partition coefficient (Wildman–Crippen LogP) is 3.84. The lowest BCUT2D eigenvalue weighted by atomic mass is 9.98. The van der Waals surface area contributed by atoms with E-state index < -0.39 is 0 Å². The van der Waals surface area contributed by atoms with Crippen molar-refractivity contribution in [1.82, 2.24) is 19.8 Å². The highest BCUT2D eigenvalue weighted by atomic mass is 16.5.